The zero-order chi connectivity index (χ0) is 17.7. The maximum Gasteiger partial charge on any atom is 0.193 e. The minimum atomic E-state index is 0.113. The van der Waals surface area contributed by atoms with Crippen molar-refractivity contribution in [3.05, 3.63) is 34.0 Å². The Morgan fingerprint density at radius 3 is 2.71 bits per heavy atom. The van der Waals surface area contributed by atoms with Crippen LogP contribution in [0.1, 0.15) is 37.0 Å². The Balaban J connectivity index is 1.84. The third-order valence-electron chi connectivity index (χ3n) is 3.69. The van der Waals surface area contributed by atoms with Gasteiger partial charge in [-0.05, 0) is 0 Å². The highest BCUT2D eigenvalue weighted by Crippen LogP contribution is 2.23. The highest BCUT2D eigenvalue weighted by molar-refractivity contribution is 7.09. The molecule has 0 unspecified atom stereocenters. The molecule has 0 spiro atoms. The topological polar surface area (TPSA) is 58.3 Å². The molecule has 0 saturated heterocycles. The van der Waals surface area contributed by atoms with Gasteiger partial charge >= 0.3 is 0 Å². The van der Waals surface area contributed by atoms with Crippen molar-refractivity contribution in [2.75, 3.05) is 20.6 Å². The van der Waals surface area contributed by atoms with Gasteiger partial charge in [-0.2, -0.15) is 5.10 Å². The minimum Gasteiger partial charge on any atom is -0.356 e. The number of aryl methyl sites for hydroxylation is 1. The van der Waals surface area contributed by atoms with Gasteiger partial charge in [0, 0.05) is 63.2 Å². The van der Waals surface area contributed by atoms with Crippen molar-refractivity contribution in [2.45, 2.75) is 39.2 Å². The molecule has 0 saturated carbocycles. The average Bonchev–Trinajstić information content (AvgIpc) is 3.12. The number of nitrogens with zero attached hydrogens (tertiary/aromatic N) is 5. The van der Waals surface area contributed by atoms with E-state index in [0.717, 1.165) is 36.0 Å². The summed E-state index contributed by atoms with van der Waals surface area (Å²) in [5.41, 5.74) is 2.44. The Hall–Kier alpha value is -1.89. The van der Waals surface area contributed by atoms with E-state index in [4.69, 9.17) is 4.98 Å². The van der Waals surface area contributed by atoms with E-state index in [-0.39, 0.29) is 5.41 Å². The number of hydrogen-bond donors (Lipinski definition) is 1. The van der Waals surface area contributed by atoms with E-state index >= 15 is 0 Å². The van der Waals surface area contributed by atoms with Gasteiger partial charge in [0.15, 0.2) is 5.96 Å². The third-order valence-corrected chi connectivity index (χ3v) is 4.60. The zero-order valence-corrected chi connectivity index (χ0v) is 16.3. The molecule has 0 bridgehead atoms. The predicted molar refractivity (Wildman–Crippen MR) is 101 cm³/mol. The van der Waals surface area contributed by atoms with E-state index in [1.807, 2.05) is 38.2 Å². The van der Waals surface area contributed by atoms with E-state index in [9.17, 15) is 0 Å². The van der Waals surface area contributed by atoms with Crippen molar-refractivity contribution in [3.8, 4) is 0 Å². The van der Waals surface area contributed by atoms with Gasteiger partial charge < -0.3 is 10.2 Å². The molecule has 0 atom stereocenters. The molecule has 0 fully saturated rings. The number of hydrogen-bond acceptors (Lipinski definition) is 4. The van der Waals surface area contributed by atoms with Gasteiger partial charge in [0.1, 0.15) is 0 Å². The second-order valence-electron chi connectivity index (χ2n) is 6.98. The summed E-state index contributed by atoms with van der Waals surface area (Å²) in [4.78, 5) is 11.2. The number of nitrogens with one attached hydrogen (secondary N) is 1. The molecule has 132 valence electrons. The van der Waals surface area contributed by atoms with Gasteiger partial charge in [-0.25, -0.2) is 4.98 Å². The van der Waals surface area contributed by atoms with Crippen molar-refractivity contribution >= 4 is 17.3 Å². The number of rotatable bonds is 5. The van der Waals surface area contributed by atoms with Crippen LogP contribution in [0.15, 0.2) is 22.8 Å². The molecule has 1 N–H and O–H groups in total. The first-order chi connectivity index (χ1) is 11.3. The fourth-order valence-electron chi connectivity index (χ4n) is 2.34. The molecule has 0 aromatic carbocycles. The van der Waals surface area contributed by atoms with Crippen LogP contribution < -0.4 is 5.32 Å². The quantitative estimate of drug-likeness (QED) is 0.666. The van der Waals surface area contributed by atoms with Gasteiger partial charge in [-0.3, -0.25) is 9.67 Å². The van der Waals surface area contributed by atoms with Gasteiger partial charge in [-0.1, -0.05) is 20.8 Å². The predicted octanol–water partition coefficient (Wildman–Crippen LogP) is 2.42. The summed E-state index contributed by atoms with van der Waals surface area (Å²) in [5, 5.41) is 10.9. The average molecular weight is 349 g/mol. The normalized spacial score (nSPS) is 12.5. The van der Waals surface area contributed by atoms with Gasteiger partial charge in [0.05, 0.1) is 16.9 Å². The van der Waals surface area contributed by atoms with E-state index in [2.05, 4.69) is 46.5 Å². The number of aromatic nitrogens is 3. The molecule has 2 rings (SSSR count). The number of aliphatic imine (C=N–C) groups is 1. The first-order valence-corrected chi connectivity index (χ1v) is 9.01. The highest BCUT2D eigenvalue weighted by Gasteiger charge is 2.17. The van der Waals surface area contributed by atoms with Gasteiger partial charge in [-0.15, -0.1) is 11.3 Å². The second kappa shape index (κ2) is 7.79. The first-order valence-electron chi connectivity index (χ1n) is 8.14. The van der Waals surface area contributed by atoms with Crippen molar-refractivity contribution < 1.29 is 0 Å². The maximum atomic E-state index is 4.73. The monoisotopic (exact) mass is 348 g/mol. The molecule has 6 nitrogen and oxygen atoms in total. The third kappa shape index (κ3) is 5.06. The fraction of sp³-hybridized carbons (Fsp3) is 0.588. The molecule has 0 aliphatic carbocycles. The van der Waals surface area contributed by atoms with E-state index < -0.39 is 0 Å². The lowest BCUT2D eigenvalue weighted by molar-refractivity contribution is 0.477. The molecule has 0 aliphatic heterocycles. The minimum absolute atomic E-state index is 0.113. The van der Waals surface area contributed by atoms with Crippen molar-refractivity contribution in [3.63, 3.8) is 0 Å². The lowest BCUT2D eigenvalue weighted by atomic mass is 9.93. The van der Waals surface area contributed by atoms with Crippen LogP contribution in [0, 0.1) is 0 Å². The molecule has 2 heterocycles. The summed E-state index contributed by atoms with van der Waals surface area (Å²) >= 11 is 1.73. The first kappa shape index (κ1) is 18.4. The summed E-state index contributed by atoms with van der Waals surface area (Å²) in [6.07, 6.45) is 4.81. The van der Waals surface area contributed by atoms with Crippen molar-refractivity contribution in [1.29, 1.82) is 0 Å². The van der Waals surface area contributed by atoms with Gasteiger partial charge in [0.25, 0.3) is 0 Å². The Labute approximate surface area is 148 Å². The Morgan fingerprint density at radius 2 is 2.17 bits per heavy atom. The van der Waals surface area contributed by atoms with Crippen LogP contribution in [-0.2, 0) is 25.4 Å². The van der Waals surface area contributed by atoms with Crippen LogP contribution >= 0.6 is 11.3 Å². The van der Waals surface area contributed by atoms with Crippen molar-refractivity contribution in [2.24, 2.45) is 12.0 Å². The molecule has 2 aromatic heterocycles. The summed E-state index contributed by atoms with van der Waals surface area (Å²) in [5.74, 6) is 0.881. The Kier molecular flexibility index (Phi) is 5.99. The molecule has 0 amide bonds. The number of guanidine groups is 1. The smallest absolute Gasteiger partial charge is 0.193 e. The SMILES string of the molecule is CN=C(NCCc1nc(C(C)(C)C)cs1)N(C)Cc1cnn(C)c1. The van der Waals surface area contributed by atoms with Crippen LogP contribution in [-0.4, -0.2) is 46.3 Å². The number of thiazole rings is 1. The maximum absolute atomic E-state index is 4.73. The van der Waals surface area contributed by atoms with Crippen LogP contribution in [0.3, 0.4) is 0 Å². The molecule has 0 radical (unpaired) electrons. The van der Waals surface area contributed by atoms with Crippen molar-refractivity contribution in [1.82, 2.24) is 25.0 Å². The lowest BCUT2D eigenvalue weighted by Crippen LogP contribution is -2.39. The van der Waals surface area contributed by atoms with E-state index in [1.165, 1.54) is 5.69 Å². The Bertz CT molecular complexity index is 679. The van der Waals surface area contributed by atoms with Gasteiger partial charge in [0.2, 0.25) is 0 Å². The second-order valence-corrected chi connectivity index (χ2v) is 7.92. The summed E-state index contributed by atoms with van der Waals surface area (Å²) in [7, 11) is 5.77. The van der Waals surface area contributed by atoms with Crippen LogP contribution in [0.4, 0.5) is 0 Å². The zero-order valence-electron chi connectivity index (χ0n) is 15.5. The standard InChI is InChI=1S/C17H28N6S/c1-17(2,3)14-12-24-15(21-14)7-8-19-16(18-4)22(5)10-13-9-20-23(6)11-13/h9,11-12H,7-8,10H2,1-6H3,(H,18,19). The van der Waals surface area contributed by atoms with E-state index in [1.54, 1.807) is 11.3 Å². The summed E-state index contributed by atoms with van der Waals surface area (Å²) in [6, 6.07) is 0. The van der Waals surface area contributed by atoms with Crippen LogP contribution in [0.25, 0.3) is 0 Å². The van der Waals surface area contributed by atoms with Crippen LogP contribution in [0.2, 0.25) is 0 Å². The molecule has 0 aliphatic rings. The molecular weight excluding hydrogens is 320 g/mol. The summed E-state index contributed by atoms with van der Waals surface area (Å²) in [6.45, 7) is 8.18. The van der Waals surface area contributed by atoms with E-state index in [0.29, 0.717) is 0 Å². The largest absolute Gasteiger partial charge is 0.356 e. The lowest BCUT2D eigenvalue weighted by Gasteiger charge is -2.21. The molecule has 7 heteroatoms. The fourth-order valence-corrected chi connectivity index (χ4v) is 3.36. The Morgan fingerprint density at radius 1 is 1.42 bits per heavy atom. The van der Waals surface area contributed by atoms with Crippen LogP contribution in [0.5, 0.6) is 0 Å². The highest BCUT2D eigenvalue weighted by atomic mass is 32.1. The molecule has 24 heavy (non-hydrogen) atoms. The summed E-state index contributed by atoms with van der Waals surface area (Å²) < 4.78 is 1.81. The molecule has 2 aromatic rings. The molecular formula is C17H28N6S.